The van der Waals surface area contributed by atoms with Crippen LogP contribution in [0.1, 0.15) is 12.0 Å². The quantitative estimate of drug-likeness (QED) is 0.860. The van der Waals surface area contributed by atoms with E-state index in [-0.39, 0.29) is 12.5 Å². The van der Waals surface area contributed by atoms with Gasteiger partial charge >= 0.3 is 0 Å². The summed E-state index contributed by atoms with van der Waals surface area (Å²) in [5, 5.41) is 8.79. The number of rotatable bonds is 4. The summed E-state index contributed by atoms with van der Waals surface area (Å²) in [5.74, 6) is 0.172. The largest absolute Gasteiger partial charge is 0.396 e. The van der Waals surface area contributed by atoms with E-state index in [2.05, 4.69) is 29.2 Å². The Morgan fingerprint density at radius 3 is 2.56 bits per heavy atom. The second-order valence-corrected chi connectivity index (χ2v) is 4.73. The number of anilines is 1. The molecule has 1 amide bonds. The van der Waals surface area contributed by atoms with Crippen LogP contribution in [0.5, 0.6) is 0 Å². The van der Waals surface area contributed by atoms with E-state index < -0.39 is 0 Å². The third kappa shape index (κ3) is 3.01. The van der Waals surface area contributed by atoms with Crippen LogP contribution in [0.15, 0.2) is 24.3 Å². The van der Waals surface area contributed by atoms with Crippen molar-refractivity contribution in [1.29, 1.82) is 0 Å². The molecular formula is C14H20N2O2. The molecule has 4 nitrogen and oxygen atoms in total. The molecule has 0 unspecified atom stereocenters. The maximum atomic E-state index is 11.6. The maximum absolute atomic E-state index is 11.6. The minimum absolute atomic E-state index is 0.172. The van der Waals surface area contributed by atoms with Gasteiger partial charge in [0.1, 0.15) is 0 Å². The van der Waals surface area contributed by atoms with Gasteiger partial charge in [-0.3, -0.25) is 4.79 Å². The highest BCUT2D eigenvalue weighted by molar-refractivity contribution is 5.82. The van der Waals surface area contributed by atoms with Gasteiger partial charge in [-0.05, 0) is 30.5 Å². The number of likely N-dealkylation sites (N-methyl/N-ethyl adjacent to an activating group) is 1. The Hall–Kier alpha value is -1.55. The molecule has 1 aromatic rings. The van der Waals surface area contributed by atoms with Gasteiger partial charge < -0.3 is 14.9 Å². The van der Waals surface area contributed by atoms with Crippen LogP contribution in [-0.2, 0) is 11.2 Å². The number of hydrogen-bond donors (Lipinski definition) is 1. The van der Waals surface area contributed by atoms with Gasteiger partial charge in [0.25, 0.3) is 0 Å². The molecule has 0 aromatic heterocycles. The zero-order chi connectivity index (χ0) is 13.0. The van der Waals surface area contributed by atoms with Crippen LogP contribution in [0.3, 0.4) is 0 Å². The predicted molar refractivity (Wildman–Crippen MR) is 71.7 cm³/mol. The van der Waals surface area contributed by atoms with Crippen molar-refractivity contribution in [3.63, 3.8) is 0 Å². The smallest absolute Gasteiger partial charge is 0.241 e. The molecule has 18 heavy (non-hydrogen) atoms. The van der Waals surface area contributed by atoms with Crippen molar-refractivity contribution in [3.8, 4) is 0 Å². The average molecular weight is 248 g/mol. The van der Waals surface area contributed by atoms with Crippen LogP contribution in [0.25, 0.3) is 0 Å². The Morgan fingerprint density at radius 1 is 1.22 bits per heavy atom. The number of carbonyl (C=O) groups excluding carboxylic acids is 1. The number of carbonyl (C=O) groups is 1. The first-order valence-electron chi connectivity index (χ1n) is 6.39. The molecule has 0 atom stereocenters. The topological polar surface area (TPSA) is 43.8 Å². The van der Waals surface area contributed by atoms with Crippen LogP contribution < -0.4 is 4.90 Å². The van der Waals surface area contributed by atoms with Crippen LogP contribution in [0.4, 0.5) is 5.69 Å². The highest BCUT2D eigenvalue weighted by atomic mass is 16.2. The summed E-state index contributed by atoms with van der Waals surface area (Å²) in [6.45, 7) is 2.37. The summed E-state index contributed by atoms with van der Waals surface area (Å²) < 4.78 is 0. The van der Waals surface area contributed by atoms with Gasteiger partial charge in [0.15, 0.2) is 0 Å². The van der Waals surface area contributed by atoms with Crippen molar-refractivity contribution in [1.82, 2.24) is 4.90 Å². The summed E-state index contributed by atoms with van der Waals surface area (Å²) in [6.07, 6.45) is 1.70. The summed E-state index contributed by atoms with van der Waals surface area (Å²) in [7, 11) is 1.84. The molecule has 0 saturated carbocycles. The minimum Gasteiger partial charge on any atom is -0.396 e. The van der Waals surface area contributed by atoms with Gasteiger partial charge in [-0.2, -0.15) is 0 Å². The second-order valence-electron chi connectivity index (χ2n) is 4.73. The predicted octanol–water partition coefficient (Wildman–Crippen LogP) is 0.890. The molecule has 0 spiro atoms. The van der Waals surface area contributed by atoms with E-state index in [1.807, 2.05) is 7.05 Å². The first-order valence-corrected chi connectivity index (χ1v) is 6.39. The number of piperazine rings is 1. The zero-order valence-corrected chi connectivity index (χ0v) is 10.8. The third-order valence-corrected chi connectivity index (χ3v) is 3.38. The van der Waals surface area contributed by atoms with Crippen molar-refractivity contribution >= 4 is 11.6 Å². The van der Waals surface area contributed by atoms with Gasteiger partial charge in [0.2, 0.25) is 5.91 Å². The summed E-state index contributed by atoms with van der Waals surface area (Å²) >= 11 is 0. The number of aliphatic hydroxyl groups excluding tert-OH is 1. The lowest BCUT2D eigenvalue weighted by molar-refractivity contribution is -0.129. The first-order chi connectivity index (χ1) is 8.70. The molecule has 1 N–H and O–H groups in total. The van der Waals surface area contributed by atoms with Crippen molar-refractivity contribution in [2.45, 2.75) is 12.8 Å². The molecule has 1 saturated heterocycles. The van der Waals surface area contributed by atoms with E-state index in [0.717, 1.165) is 31.6 Å². The number of nitrogens with zero attached hydrogens (tertiary/aromatic N) is 2. The molecule has 1 fully saturated rings. The van der Waals surface area contributed by atoms with E-state index in [9.17, 15) is 4.79 Å². The standard InChI is InChI=1S/C14H20N2O2/c1-15-8-9-16(11-14(15)18)13-6-4-12(5-7-13)3-2-10-17/h4-7,17H,2-3,8-11H2,1H3. The normalized spacial score (nSPS) is 16.2. The lowest BCUT2D eigenvalue weighted by atomic mass is 10.1. The van der Waals surface area contributed by atoms with Crippen molar-refractivity contribution < 1.29 is 9.90 Å². The van der Waals surface area contributed by atoms with Gasteiger partial charge in [0.05, 0.1) is 6.54 Å². The zero-order valence-electron chi connectivity index (χ0n) is 10.8. The molecule has 0 bridgehead atoms. The van der Waals surface area contributed by atoms with Crippen LogP contribution in [0, 0.1) is 0 Å². The number of aliphatic hydroxyl groups is 1. The Bertz CT molecular complexity index is 403. The lowest BCUT2D eigenvalue weighted by Crippen LogP contribution is -2.48. The number of benzene rings is 1. The van der Waals surface area contributed by atoms with Crippen molar-refractivity contribution in [2.75, 3.05) is 38.2 Å². The third-order valence-electron chi connectivity index (χ3n) is 3.38. The highest BCUT2D eigenvalue weighted by Gasteiger charge is 2.20. The van der Waals surface area contributed by atoms with E-state index in [1.54, 1.807) is 4.90 Å². The Kier molecular flexibility index (Phi) is 4.20. The fourth-order valence-corrected chi connectivity index (χ4v) is 2.14. The molecule has 1 aliphatic heterocycles. The fourth-order valence-electron chi connectivity index (χ4n) is 2.14. The lowest BCUT2D eigenvalue weighted by Gasteiger charge is -2.33. The molecular weight excluding hydrogens is 228 g/mol. The van der Waals surface area contributed by atoms with Crippen LogP contribution in [-0.4, -0.2) is 49.2 Å². The Labute approximate surface area is 108 Å². The minimum atomic E-state index is 0.172. The molecule has 1 heterocycles. The molecule has 1 aliphatic rings. The van der Waals surface area contributed by atoms with Crippen LogP contribution in [0.2, 0.25) is 0 Å². The van der Waals surface area contributed by atoms with E-state index in [4.69, 9.17) is 5.11 Å². The molecule has 2 rings (SSSR count). The van der Waals surface area contributed by atoms with Gasteiger partial charge in [-0.25, -0.2) is 0 Å². The molecule has 1 aromatic carbocycles. The molecule has 4 heteroatoms. The summed E-state index contributed by atoms with van der Waals surface area (Å²) in [6, 6.07) is 8.28. The fraction of sp³-hybridized carbons (Fsp3) is 0.500. The van der Waals surface area contributed by atoms with E-state index in [0.29, 0.717) is 6.54 Å². The van der Waals surface area contributed by atoms with Crippen molar-refractivity contribution in [3.05, 3.63) is 29.8 Å². The monoisotopic (exact) mass is 248 g/mol. The SMILES string of the molecule is CN1CCN(c2ccc(CCCO)cc2)CC1=O. The van der Waals surface area contributed by atoms with Crippen molar-refractivity contribution in [2.24, 2.45) is 0 Å². The Morgan fingerprint density at radius 2 is 1.94 bits per heavy atom. The summed E-state index contributed by atoms with van der Waals surface area (Å²) in [5.41, 5.74) is 2.33. The molecule has 0 aliphatic carbocycles. The van der Waals surface area contributed by atoms with Gasteiger partial charge in [-0.1, -0.05) is 12.1 Å². The molecule has 98 valence electrons. The van der Waals surface area contributed by atoms with Gasteiger partial charge in [0, 0.05) is 32.4 Å². The van der Waals surface area contributed by atoms with Crippen LogP contribution >= 0.6 is 0 Å². The number of aryl methyl sites for hydroxylation is 1. The second kappa shape index (κ2) is 5.87. The summed E-state index contributed by atoms with van der Waals surface area (Å²) in [4.78, 5) is 15.5. The maximum Gasteiger partial charge on any atom is 0.241 e. The van der Waals surface area contributed by atoms with Gasteiger partial charge in [-0.15, -0.1) is 0 Å². The van der Waals surface area contributed by atoms with E-state index in [1.165, 1.54) is 5.56 Å². The number of amides is 1. The number of hydrogen-bond acceptors (Lipinski definition) is 3. The Balaban J connectivity index is 1.99. The highest BCUT2D eigenvalue weighted by Crippen LogP contribution is 2.18. The van der Waals surface area contributed by atoms with E-state index >= 15 is 0 Å². The average Bonchev–Trinajstić information content (AvgIpc) is 2.40. The first kappa shape index (κ1) is 12.9. The molecule has 0 radical (unpaired) electrons.